The average molecular weight is 351 g/mol. The van der Waals surface area contributed by atoms with Gasteiger partial charge < -0.3 is 15.5 Å². The SMILES string of the molecule is CSCC[C@H](NC(C)=O)C(=O)NC1CCN(c2ncccn2)CC1. The number of hydrogen-bond donors (Lipinski definition) is 2. The van der Waals surface area contributed by atoms with E-state index < -0.39 is 6.04 Å². The highest BCUT2D eigenvalue weighted by Crippen LogP contribution is 2.15. The third kappa shape index (κ3) is 5.67. The molecule has 0 saturated carbocycles. The number of anilines is 1. The van der Waals surface area contributed by atoms with Gasteiger partial charge in [-0.25, -0.2) is 9.97 Å². The number of thioether (sulfide) groups is 1. The summed E-state index contributed by atoms with van der Waals surface area (Å²) in [4.78, 5) is 34.4. The molecule has 0 radical (unpaired) electrons. The van der Waals surface area contributed by atoms with E-state index in [0.717, 1.165) is 37.6 Å². The van der Waals surface area contributed by atoms with Crippen molar-refractivity contribution in [2.45, 2.75) is 38.3 Å². The van der Waals surface area contributed by atoms with Gasteiger partial charge in [-0.2, -0.15) is 11.8 Å². The van der Waals surface area contributed by atoms with Gasteiger partial charge in [0.25, 0.3) is 0 Å². The first-order valence-electron chi connectivity index (χ1n) is 8.18. The third-order valence-corrected chi connectivity index (χ3v) is 4.62. The van der Waals surface area contributed by atoms with Crippen molar-refractivity contribution < 1.29 is 9.59 Å². The molecule has 7 nitrogen and oxygen atoms in total. The van der Waals surface area contributed by atoms with Gasteiger partial charge in [-0.15, -0.1) is 0 Å². The molecule has 0 aliphatic carbocycles. The van der Waals surface area contributed by atoms with Crippen LogP contribution in [0.15, 0.2) is 18.5 Å². The van der Waals surface area contributed by atoms with E-state index in [4.69, 9.17) is 0 Å². The maximum Gasteiger partial charge on any atom is 0.242 e. The highest BCUT2D eigenvalue weighted by molar-refractivity contribution is 7.98. The van der Waals surface area contributed by atoms with Crippen molar-refractivity contribution in [1.82, 2.24) is 20.6 Å². The minimum Gasteiger partial charge on any atom is -0.351 e. The second-order valence-electron chi connectivity index (χ2n) is 5.85. The fraction of sp³-hybridized carbons (Fsp3) is 0.625. The van der Waals surface area contributed by atoms with Crippen LogP contribution in [0.1, 0.15) is 26.2 Å². The molecule has 0 unspecified atom stereocenters. The Balaban J connectivity index is 1.82. The normalized spacial score (nSPS) is 16.5. The van der Waals surface area contributed by atoms with E-state index in [1.54, 1.807) is 30.2 Å². The van der Waals surface area contributed by atoms with Crippen LogP contribution in [0, 0.1) is 0 Å². The number of carbonyl (C=O) groups is 2. The summed E-state index contributed by atoms with van der Waals surface area (Å²) in [5.74, 6) is 1.31. The van der Waals surface area contributed by atoms with E-state index in [2.05, 4.69) is 25.5 Å². The molecule has 2 rings (SSSR count). The lowest BCUT2D eigenvalue weighted by Gasteiger charge is -2.33. The molecule has 132 valence electrons. The molecule has 1 saturated heterocycles. The molecule has 24 heavy (non-hydrogen) atoms. The number of rotatable bonds is 7. The lowest BCUT2D eigenvalue weighted by atomic mass is 10.0. The minimum atomic E-state index is -0.453. The Kier molecular flexibility index (Phi) is 7.30. The van der Waals surface area contributed by atoms with E-state index in [-0.39, 0.29) is 17.9 Å². The van der Waals surface area contributed by atoms with E-state index in [1.807, 2.05) is 6.26 Å². The van der Waals surface area contributed by atoms with Crippen LogP contribution < -0.4 is 15.5 Å². The Morgan fingerprint density at radius 1 is 1.33 bits per heavy atom. The molecule has 0 aromatic carbocycles. The number of nitrogens with zero attached hydrogens (tertiary/aromatic N) is 3. The van der Waals surface area contributed by atoms with Crippen LogP contribution in [0.3, 0.4) is 0 Å². The molecule has 1 aromatic rings. The maximum absolute atomic E-state index is 12.4. The molecule has 1 aliphatic rings. The predicted octanol–water partition coefficient (Wildman–Crippen LogP) is 0.819. The summed E-state index contributed by atoms with van der Waals surface area (Å²) >= 11 is 1.67. The molecule has 0 bridgehead atoms. The zero-order valence-corrected chi connectivity index (χ0v) is 15.0. The number of piperidine rings is 1. The first-order valence-corrected chi connectivity index (χ1v) is 9.58. The van der Waals surface area contributed by atoms with Crippen LogP contribution in [0.25, 0.3) is 0 Å². The summed E-state index contributed by atoms with van der Waals surface area (Å²) in [7, 11) is 0. The van der Waals surface area contributed by atoms with E-state index >= 15 is 0 Å². The summed E-state index contributed by atoms with van der Waals surface area (Å²) in [6.07, 6.45) is 7.80. The minimum absolute atomic E-state index is 0.0892. The molecule has 2 heterocycles. The zero-order valence-electron chi connectivity index (χ0n) is 14.2. The monoisotopic (exact) mass is 351 g/mol. The fourth-order valence-corrected chi connectivity index (χ4v) is 3.20. The van der Waals surface area contributed by atoms with Crippen LogP contribution in [-0.2, 0) is 9.59 Å². The smallest absolute Gasteiger partial charge is 0.242 e. The van der Waals surface area contributed by atoms with Crippen molar-refractivity contribution in [3.8, 4) is 0 Å². The lowest BCUT2D eigenvalue weighted by molar-refractivity contribution is -0.128. The van der Waals surface area contributed by atoms with Crippen LogP contribution in [0.2, 0.25) is 0 Å². The first kappa shape index (κ1) is 18.5. The molecular weight excluding hydrogens is 326 g/mol. The number of aromatic nitrogens is 2. The second-order valence-corrected chi connectivity index (χ2v) is 6.84. The largest absolute Gasteiger partial charge is 0.351 e. The number of hydrogen-bond acceptors (Lipinski definition) is 6. The number of carbonyl (C=O) groups excluding carboxylic acids is 2. The van der Waals surface area contributed by atoms with Gasteiger partial charge in [-0.05, 0) is 37.3 Å². The molecular formula is C16H25N5O2S. The Hall–Kier alpha value is -1.83. The van der Waals surface area contributed by atoms with E-state index in [9.17, 15) is 9.59 Å². The van der Waals surface area contributed by atoms with Crippen LogP contribution >= 0.6 is 11.8 Å². The van der Waals surface area contributed by atoms with E-state index in [1.165, 1.54) is 6.92 Å². The summed E-state index contributed by atoms with van der Waals surface area (Å²) in [6.45, 7) is 3.06. The second kappa shape index (κ2) is 9.46. The fourth-order valence-electron chi connectivity index (χ4n) is 2.73. The van der Waals surface area contributed by atoms with Crippen LogP contribution in [0.4, 0.5) is 5.95 Å². The molecule has 1 fully saturated rings. The van der Waals surface area contributed by atoms with Crippen molar-refractivity contribution in [2.24, 2.45) is 0 Å². The van der Waals surface area contributed by atoms with Crippen molar-refractivity contribution in [2.75, 3.05) is 30.0 Å². The highest BCUT2D eigenvalue weighted by atomic mass is 32.2. The number of nitrogens with one attached hydrogen (secondary N) is 2. The predicted molar refractivity (Wildman–Crippen MR) is 96.0 cm³/mol. The molecule has 1 atom stereocenters. The number of amides is 2. The van der Waals surface area contributed by atoms with Gasteiger partial charge in [0.15, 0.2) is 0 Å². The highest BCUT2D eigenvalue weighted by Gasteiger charge is 2.25. The average Bonchev–Trinajstić information content (AvgIpc) is 2.59. The topological polar surface area (TPSA) is 87.2 Å². The van der Waals surface area contributed by atoms with Crippen molar-refractivity contribution in [1.29, 1.82) is 0 Å². The van der Waals surface area contributed by atoms with Gasteiger partial charge in [0.1, 0.15) is 6.04 Å². The molecule has 2 N–H and O–H groups in total. The Labute approximate surface area is 147 Å². The van der Waals surface area contributed by atoms with Crippen LogP contribution in [-0.4, -0.2) is 59.0 Å². The quantitative estimate of drug-likeness (QED) is 0.756. The zero-order chi connectivity index (χ0) is 17.4. The summed E-state index contributed by atoms with van der Waals surface area (Å²) < 4.78 is 0. The summed E-state index contributed by atoms with van der Waals surface area (Å²) in [6, 6.07) is 1.47. The molecule has 1 aliphatic heterocycles. The van der Waals surface area contributed by atoms with Gasteiger partial charge in [-0.1, -0.05) is 0 Å². The molecule has 0 spiro atoms. The molecule has 1 aromatic heterocycles. The summed E-state index contributed by atoms with van der Waals surface area (Å²) in [5, 5.41) is 5.82. The standard InChI is InChI=1S/C16H25N5O2S/c1-12(22)19-14(6-11-24-2)15(23)20-13-4-9-21(10-5-13)16-17-7-3-8-18-16/h3,7-8,13-14H,4-6,9-11H2,1-2H3,(H,19,22)(H,20,23)/t14-/m0/s1. The van der Waals surface area contributed by atoms with Gasteiger partial charge >= 0.3 is 0 Å². The summed E-state index contributed by atoms with van der Waals surface area (Å²) in [5.41, 5.74) is 0. The van der Waals surface area contributed by atoms with E-state index in [0.29, 0.717) is 6.42 Å². The van der Waals surface area contributed by atoms with Gasteiger partial charge in [-0.3, -0.25) is 9.59 Å². The van der Waals surface area contributed by atoms with Gasteiger partial charge in [0.05, 0.1) is 0 Å². The lowest BCUT2D eigenvalue weighted by Crippen LogP contribution is -2.52. The van der Waals surface area contributed by atoms with Crippen molar-refractivity contribution in [3.63, 3.8) is 0 Å². The maximum atomic E-state index is 12.4. The Morgan fingerprint density at radius 2 is 2.00 bits per heavy atom. The first-order chi connectivity index (χ1) is 11.6. The van der Waals surface area contributed by atoms with Crippen molar-refractivity contribution >= 4 is 29.5 Å². The third-order valence-electron chi connectivity index (χ3n) is 3.98. The molecule has 8 heteroatoms. The van der Waals surface area contributed by atoms with Crippen LogP contribution in [0.5, 0.6) is 0 Å². The van der Waals surface area contributed by atoms with Gasteiger partial charge in [0, 0.05) is 38.4 Å². The molecule has 2 amide bonds. The Bertz CT molecular complexity index is 535. The Morgan fingerprint density at radius 3 is 2.58 bits per heavy atom. The van der Waals surface area contributed by atoms with Crippen molar-refractivity contribution in [3.05, 3.63) is 18.5 Å². The van der Waals surface area contributed by atoms with Gasteiger partial charge in [0.2, 0.25) is 17.8 Å².